The number of oxime groups is 1. The molecule has 7 fully saturated rings. The maximum Gasteiger partial charge on any atom is 0.233 e. The summed E-state index contributed by atoms with van der Waals surface area (Å²) in [4.78, 5) is 15.9. The third kappa shape index (κ3) is 3.47. The first-order chi connectivity index (χ1) is 17.7. The van der Waals surface area contributed by atoms with Gasteiger partial charge in [0.2, 0.25) is 5.91 Å². The molecule has 4 bridgehead atoms. The number of amidine groups is 1. The molecule has 0 unspecified atom stereocenters. The van der Waals surface area contributed by atoms with Crippen LogP contribution in [-0.4, -0.2) is 38.9 Å². The van der Waals surface area contributed by atoms with Crippen LogP contribution in [0.5, 0.6) is 0 Å². The Morgan fingerprint density at radius 2 is 1.84 bits per heavy atom. The summed E-state index contributed by atoms with van der Waals surface area (Å²) in [5, 5.41) is 17.2. The van der Waals surface area contributed by atoms with Gasteiger partial charge in [-0.3, -0.25) is 9.48 Å². The SMILES string of the molecule is Cn1nc(C2CC2)cc1C12CCC(CN(C(=O)C34CC(F)(C3)C4)c3cccc(/C(N)=N/O)c3)(CC1)CC2. The fourth-order valence-corrected chi connectivity index (χ4v) is 8.13. The zero-order valence-electron chi connectivity index (χ0n) is 21.5. The molecule has 1 aromatic carbocycles. The number of aryl methyl sites for hydroxylation is 1. The molecule has 0 spiro atoms. The Hall–Kier alpha value is -2.90. The number of hydrogen-bond acceptors (Lipinski definition) is 4. The predicted molar refractivity (Wildman–Crippen MR) is 138 cm³/mol. The maximum atomic E-state index is 14.4. The van der Waals surface area contributed by atoms with Gasteiger partial charge in [0.25, 0.3) is 0 Å². The van der Waals surface area contributed by atoms with Gasteiger partial charge in [0.1, 0.15) is 5.67 Å². The number of aromatic nitrogens is 2. The van der Waals surface area contributed by atoms with E-state index in [2.05, 4.69) is 23.0 Å². The highest BCUT2D eigenvalue weighted by atomic mass is 19.1. The second-order valence-electron chi connectivity index (χ2n) is 13.0. The highest BCUT2D eigenvalue weighted by Crippen LogP contribution is 2.70. The number of anilines is 1. The van der Waals surface area contributed by atoms with Gasteiger partial charge in [-0.2, -0.15) is 5.10 Å². The molecular weight excluding hydrogens is 469 g/mol. The van der Waals surface area contributed by atoms with E-state index in [-0.39, 0.29) is 22.6 Å². The van der Waals surface area contributed by atoms with E-state index in [0.717, 1.165) is 44.2 Å². The number of carbonyl (C=O) groups excluding carboxylic acids is 1. The van der Waals surface area contributed by atoms with Crippen molar-refractivity contribution in [1.29, 1.82) is 0 Å². The summed E-state index contributed by atoms with van der Waals surface area (Å²) in [5.41, 5.74) is 8.41. The van der Waals surface area contributed by atoms with Crippen molar-refractivity contribution in [2.75, 3.05) is 11.4 Å². The summed E-state index contributed by atoms with van der Waals surface area (Å²) in [6.07, 6.45) is 10.1. The molecule has 7 saturated carbocycles. The van der Waals surface area contributed by atoms with Crippen molar-refractivity contribution in [3.63, 3.8) is 0 Å². The van der Waals surface area contributed by atoms with Crippen LogP contribution < -0.4 is 10.6 Å². The molecule has 9 rings (SSSR count). The number of hydrogen-bond donors (Lipinski definition) is 2. The van der Waals surface area contributed by atoms with Crippen molar-refractivity contribution in [3.05, 3.63) is 47.3 Å². The Morgan fingerprint density at radius 3 is 2.43 bits per heavy atom. The molecule has 7 nitrogen and oxygen atoms in total. The van der Waals surface area contributed by atoms with Crippen LogP contribution in [0.1, 0.15) is 93.5 Å². The number of nitrogens with two attached hydrogens (primary N) is 1. The van der Waals surface area contributed by atoms with E-state index in [1.807, 2.05) is 23.1 Å². The van der Waals surface area contributed by atoms with Gasteiger partial charge in [0.05, 0.1) is 11.1 Å². The zero-order chi connectivity index (χ0) is 25.6. The number of amides is 1. The molecule has 1 aromatic heterocycles. The average molecular weight is 506 g/mol. The first-order valence-electron chi connectivity index (χ1n) is 13.8. The van der Waals surface area contributed by atoms with Crippen LogP contribution in [-0.2, 0) is 17.3 Å². The summed E-state index contributed by atoms with van der Waals surface area (Å²) < 4.78 is 16.6. The molecule has 7 aliphatic carbocycles. The van der Waals surface area contributed by atoms with Gasteiger partial charge in [-0.15, -0.1) is 0 Å². The highest BCUT2D eigenvalue weighted by molar-refractivity contribution is 6.02. The van der Waals surface area contributed by atoms with Crippen molar-refractivity contribution in [2.24, 2.45) is 28.8 Å². The Kier molecular flexibility index (Phi) is 4.76. The molecule has 196 valence electrons. The normalized spacial score (nSPS) is 36.1. The van der Waals surface area contributed by atoms with E-state index in [1.54, 1.807) is 6.07 Å². The first kappa shape index (κ1) is 23.2. The lowest BCUT2D eigenvalue weighted by molar-refractivity contribution is -0.211. The monoisotopic (exact) mass is 505 g/mol. The van der Waals surface area contributed by atoms with Crippen molar-refractivity contribution < 1.29 is 14.4 Å². The number of rotatable bonds is 7. The summed E-state index contributed by atoms with van der Waals surface area (Å²) in [5.74, 6) is 0.715. The molecule has 37 heavy (non-hydrogen) atoms. The van der Waals surface area contributed by atoms with Crippen molar-refractivity contribution in [2.45, 2.75) is 87.6 Å². The molecule has 0 radical (unpaired) electrons. The van der Waals surface area contributed by atoms with E-state index in [9.17, 15) is 14.4 Å². The fourth-order valence-electron chi connectivity index (χ4n) is 8.13. The lowest BCUT2D eigenvalue weighted by Gasteiger charge is -2.65. The molecule has 7 aliphatic rings. The minimum absolute atomic E-state index is 0.0162. The van der Waals surface area contributed by atoms with Gasteiger partial charge in [-0.25, -0.2) is 4.39 Å². The van der Waals surface area contributed by atoms with Crippen molar-refractivity contribution >= 4 is 17.4 Å². The summed E-state index contributed by atoms with van der Waals surface area (Å²) in [6.45, 7) is 0.640. The second kappa shape index (κ2) is 7.58. The van der Waals surface area contributed by atoms with Gasteiger partial charge in [-0.05, 0) is 94.2 Å². The van der Waals surface area contributed by atoms with Crippen LogP contribution in [0.3, 0.4) is 0 Å². The van der Waals surface area contributed by atoms with Crippen molar-refractivity contribution in [3.8, 4) is 0 Å². The average Bonchev–Trinajstić information content (AvgIpc) is 3.66. The van der Waals surface area contributed by atoms with Crippen LogP contribution in [0.4, 0.5) is 10.1 Å². The molecule has 1 amide bonds. The topological polar surface area (TPSA) is 96.7 Å². The van der Waals surface area contributed by atoms with Gasteiger partial charge < -0.3 is 15.8 Å². The van der Waals surface area contributed by atoms with Gasteiger partial charge in [0.15, 0.2) is 5.84 Å². The van der Waals surface area contributed by atoms with Crippen LogP contribution in [0, 0.1) is 10.8 Å². The van der Waals surface area contributed by atoms with Gasteiger partial charge in [-0.1, -0.05) is 17.3 Å². The highest BCUT2D eigenvalue weighted by Gasteiger charge is 2.73. The Labute approximate surface area is 216 Å². The van der Waals surface area contributed by atoms with Crippen LogP contribution >= 0.6 is 0 Å². The minimum Gasteiger partial charge on any atom is -0.409 e. The quantitative estimate of drug-likeness (QED) is 0.242. The van der Waals surface area contributed by atoms with E-state index in [4.69, 9.17) is 10.8 Å². The number of benzene rings is 1. The van der Waals surface area contributed by atoms with Crippen LogP contribution in [0.2, 0.25) is 0 Å². The third-order valence-corrected chi connectivity index (χ3v) is 10.6. The number of alkyl halides is 1. The van der Waals surface area contributed by atoms with Gasteiger partial charge in [0, 0.05) is 41.9 Å². The molecular formula is C29H36FN5O2. The first-order valence-corrected chi connectivity index (χ1v) is 13.8. The van der Waals surface area contributed by atoms with E-state index in [0.29, 0.717) is 37.3 Å². The lowest BCUT2D eigenvalue weighted by Crippen LogP contribution is -2.71. The molecule has 8 heteroatoms. The number of carbonyl (C=O) groups is 1. The molecule has 3 N–H and O–H groups in total. The molecule has 1 heterocycles. The number of halogens is 1. The largest absolute Gasteiger partial charge is 0.409 e. The van der Waals surface area contributed by atoms with Crippen LogP contribution in [0.25, 0.3) is 0 Å². The van der Waals surface area contributed by atoms with Crippen molar-refractivity contribution in [1.82, 2.24) is 9.78 Å². The smallest absolute Gasteiger partial charge is 0.233 e. The molecule has 0 atom stereocenters. The van der Waals surface area contributed by atoms with E-state index in [1.165, 1.54) is 24.2 Å². The maximum absolute atomic E-state index is 14.4. The Balaban J connectivity index is 1.16. The zero-order valence-corrected chi connectivity index (χ0v) is 21.5. The predicted octanol–water partition coefficient (Wildman–Crippen LogP) is 4.91. The number of fused-ring (bicyclic) bond motifs is 3. The van der Waals surface area contributed by atoms with Crippen LogP contribution in [0.15, 0.2) is 35.5 Å². The van der Waals surface area contributed by atoms with E-state index >= 15 is 0 Å². The van der Waals surface area contributed by atoms with E-state index < -0.39 is 11.1 Å². The molecule has 2 aromatic rings. The summed E-state index contributed by atoms with van der Waals surface area (Å²) >= 11 is 0. The fraction of sp³-hybridized carbons (Fsp3) is 0.621. The molecule has 0 aliphatic heterocycles. The Morgan fingerprint density at radius 1 is 1.16 bits per heavy atom. The summed E-state index contributed by atoms with van der Waals surface area (Å²) in [7, 11) is 2.10. The summed E-state index contributed by atoms with van der Waals surface area (Å²) in [6, 6.07) is 9.73. The minimum atomic E-state index is -1.13. The third-order valence-electron chi connectivity index (χ3n) is 10.6. The van der Waals surface area contributed by atoms with Gasteiger partial charge >= 0.3 is 0 Å². The second-order valence-corrected chi connectivity index (χ2v) is 13.0. The Bertz CT molecular complexity index is 1270. The standard InChI is InChI=1S/C29H36FN5O2/c1-34-23(14-22(32-34)19-5-6-19)27-10-7-26(8-11-27,9-12-27)18-35(25(36)28-15-29(30,16-28)17-28)21-4-2-3-20(13-21)24(31)33-37/h2-4,13-14,19,37H,5-12,15-18H2,1H3,(H2,31,33). The number of nitrogens with zero attached hydrogens (tertiary/aromatic N) is 4. The molecule has 0 saturated heterocycles. The lowest BCUT2D eigenvalue weighted by atomic mass is 9.41.